The molecule has 7 nitrogen and oxygen atoms in total. The van der Waals surface area contributed by atoms with Gasteiger partial charge in [0.1, 0.15) is 5.75 Å². The second kappa shape index (κ2) is 11.4. The molecule has 0 radical (unpaired) electrons. The van der Waals surface area contributed by atoms with Gasteiger partial charge in [0, 0.05) is 64.1 Å². The van der Waals surface area contributed by atoms with Crippen LogP contribution >= 0.6 is 0 Å². The number of piperazine rings is 1. The SMILES string of the molecule is CCN(CC)C(=O)c1ccc(CNC(=NC)N2CCN(c3ccc(OC)cc3)CC2)cc1. The lowest BCUT2D eigenvalue weighted by molar-refractivity contribution is 0.0773. The molecule has 0 aliphatic carbocycles. The van der Waals surface area contributed by atoms with Crippen LogP contribution in [0.1, 0.15) is 29.8 Å². The van der Waals surface area contributed by atoms with Crippen LogP contribution in [0.4, 0.5) is 5.69 Å². The Balaban J connectivity index is 1.51. The number of rotatable bonds is 7. The van der Waals surface area contributed by atoms with Crippen molar-refractivity contribution < 1.29 is 9.53 Å². The van der Waals surface area contributed by atoms with Crippen molar-refractivity contribution in [1.29, 1.82) is 0 Å². The summed E-state index contributed by atoms with van der Waals surface area (Å²) in [5.41, 5.74) is 3.07. The molecule has 32 heavy (non-hydrogen) atoms. The van der Waals surface area contributed by atoms with Gasteiger partial charge in [-0.05, 0) is 55.8 Å². The quantitative estimate of drug-likeness (QED) is 0.533. The zero-order valence-electron chi connectivity index (χ0n) is 19.7. The minimum atomic E-state index is 0.0834. The lowest BCUT2D eigenvalue weighted by Gasteiger charge is -2.37. The highest BCUT2D eigenvalue weighted by atomic mass is 16.5. The molecule has 1 fully saturated rings. The summed E-state index contributed by atoms with van der Waals surface area (Å²) in [5, 5.41) is 3.46. The largest absolute Gasteiger partial charge is 0.497 e. The first kappa shape index (κ1) is 23.4. The number of amides is 1. The van der Waals surface area contributed by atoms with Crippen molar-refractivity contribution in [2.45, 2.75) is 20.4 Å². The molecule has 2 aromatic carbocycles. The molecule has 7 heteroatoms. The number of methoxy groups -OCH3 is 1. The van der Waals surface area contributed by atoms with Crippen LogP contribution in [0.2, 0.25) is 0 Å². The van der Waals surface area contributed by atoms with Crippen LogP contribution in [0.25, 0.3) is 0 Å². The van der Waals surface area contributed by atoms with Crippen molar-refractivity contribution in [3.05, 3.63) is 59.7 Å². The number of anilines is 1. The Kier molecular flexibility index (Phi) is 8.36. The number of hydrogen-bond donors (Lipinski definition) is 1. The van der Waals surface area contributed by atoms with Crippen LogP contribution in [-0.4, -0.2) is 75.1 Å². The number of aliphatic imine (C=N–C) groups is 1. The third-order valence-electron chi connectivity index (χ3n) is 5.93. The van der Waals surface area contributed by atoms with E-state index >= 15 is 0 Å². The van der Waals surface area contributed by atoms with E-state index in [2.05, 4.69) is 32.2 Å². The maximum absolute atomic E-state index is 12.5. The Morgan fingerprint density at radius 2 is 1.62 bits per heavy atom. The average molecular weight is 438 g/mol. The van der Waals surface area contributed by atoms with E-state index in [1.54, 1.807) is 7.11 Å². The highest BCUT2D eigenvalue weighted by Crippen LogP contribution is 2.20. The number of carbonyl (C=O) groups excluding carboxylic acids is 1. The number of nitrogens with zero attached hydrogens (tertiary/aromatic N) is 4. The van der Waals surface area contributed by atoms with Crippen molar-refractivity contribution in [3.63, 3.8) is 0 Å². The van der Waals surface area contributed by atoms with Crippen LogP contribution in [0.15, 0.2) is 53.5 Å². The van der Waals surface area contributed by atoms with Gasteiger partial charge in [0.25, 0.3) is 5.91 Å². The van der Waals surface area contributed by atoms with E-state index in [0.29, 0.717) is 6.54 Å². The van der Waals surface area contributed by atoms with Gasteiger partial charge >= 0.3 is 0 Å². The predicted octanol–water partition coefficient (Wildman–Crippen LogP) is 3.07. The summed E-state index contributed by atoms with van der Waals surface area (Å²) in [6, 6.07) is 16.1. The fourth-order valence-corrected chi connectivity index (χ4v) is 3.94. The topological polar surface area (TPSA) is 60.4 Å². The normalized spacial score (nSPS) is 14.3. The summed E-state index contributed by atoms with van der Waals surface area (Å²) in [4.78, 5) is 23.5. The predicted molar refractivity (Wildman–Crippen MR) is 131 cm³/mol. The van der Waals surface area contributed by atoms with Crippen LogP contribution in [-0.2, 0) is 6.54 Å². The molecule has 0 bridgehead atoms. The smallest absolute Gasteiger partial charge is 0.253 e. The number of carbonyl (C=O) groups is 1. The summed E-state index contributed by atoms with van der Waals surface area (Å²) in [6.45, 7) is 9.81. The van der Waals surface area contributed by atoms with Crippen LogP contribution in [0.3, 0.4) is 0 Å². The lowest BCUT2D eigenvalue weighted by Crippen LogP contribution is -2.52. The van der Waals surface area contributed by atoms with E-state index in [4.69, 9.17) is 4.74 Å². The average Bonchev–Trinajstić information content (AvgIpc) is 2.86. The number of hydrogen-bond acceptors (Lipinski definition) is 4. The number of ether oxygens (including phenoxy) is 1. The summed E-state index contributed by atoms with van der Waals surface area (Å²) >= 11 is 0. The third-order valence-corrected chi connectivity index (χ3v) is 5.93. The molecule has 0 saturated carbocycles. The Morgan fingerprint density at radius 1 is 1.00 bits per heavy atom. The summed E-state index contributed by atoms with van der Waals surface area (Å²) in [6.07, 6.45) is 0. The summed E-state index contributed by atoms with van der Waals surface area (Å²) in [5.74, 6) is 1.87. The van der Waals surface area contributed by atoms with Crippen LogP contribution < -0.4 is 15.0 Å². The van der Waals surface area contributed by atoms with E-state index < -0.39 is 0 Å². The van der Waals surface area contributed by atoms with Gasteiger partial charge in [-0.15, -0.1) is 0 Å². The second-order valence-corrected chi connectivity index (χ2v) is 7.75. The Hall–Kier alpha value is -3.22. The van der Waals surface area contributed by atoms with Gasteiger partial charge in [-0.1, -0.05) is 12.1 Å². The van der Waals surface area contributed by atoms with Crippen molar-refractivity contribution in [2.75, 3.05) is 58.3 Å². The fraction of sp³-hybridized carbons (Fsp3) is 0.440. The van der Waals surface area contributed by atoms with E-state index in [0.717, 1.165) is 62.1 Å². The van der Waals surface area contributed by atoms with Gasteiger partial charge in [0.2, 0.25) is 0 Å². The standard InChI is InChI=1S/C25H35N5O2/c1-5-28(6-2)24(31)21-9-7-20(8-10-21)19-27-25(26-3)30-17-15-29(16-18-30)22-11-13-23(32-4)14-12-22/h7-14H,5-6,15-19H2,1-4H3,(H,26,27). The first-order chi connectivity index (χ1) is 15.6. The Labute approximate surface area is 191 Å². The van der Waals surface area contributed by atoms with Crippen molar-refractivity contribution in [2.24, 2.45) is 4.99 Å². The summed E-state index contributed by atoms with van der Waals surface area (Å²) < 4.78 is 5.25. The Morgan fingerprint density at radius 3 is 2.16 bits per heavy atom. The van der Waals surface area contributed by atoms with E-state index in [9.17, 15) is 4.79 Å². The molecule has 1 heterocycles. The fourth-order valence-electron chi connectivity index (χ4n) is 3.94. The van der Waals surface area contributed by atoms with Gasteiger partial charge in [-0.3, -0.25) is 9.79 Å². The molecule has 1 aliphatic rings. The molecular weight excluding hydrogens is 402 g/mol. The zero-order chi connectivity index (χ0) is 22.9. The lowest BCUT2D eigenvalue weighted by atomic mass is 10.1. The highest BCUT2D eigenvalue weighted by Gasteiger charge is 2.20. The van der Waals surface area contributed by atoms with Crippen molar-refractivity contribution in [1.82, 2.24) is 15.1 Å². The van der Waals surface area contributed by atoms with E-state index in [-0.39, 0.29) is 5.91 Å². The molecule has 1 N–H and O–H groups in total. The van der Waals surface area contributed by atoms with Crippen LogP contribution in [0.5, 0.6) is 5.75 Å². The van der Waals surface area contributed by atoms with E-state index in [1.807, 2.05) is 62.2 Å². The molecule has 3 rings (SSSR count). The number of benzene rings is 2. The highest BCUT2D eigenvalue weighted by molar-refractivity contribution is 5.94. The maximum atomic E-state index is 12.5. The monoisotopic (exact) mass is 437 g/mol. The molecule has 0 atom stereocenters. The maximum Gasteiger partial charge on any atom is 0.253 e. The molecule has 1 amide bonds. The molecule has 172 valence electrons. The minimum Gasteiger partial charge on any atom is -0.497 e. The minimum absolute atomic E-state index is 0.0834. The van der Waals surface area contributed by atoms with E-state index in [1.165, 1.54) is 5.69 Å². The molecule has 1 aliphatic heterocycles. The molecule has 0 unspecified atom stereocenters. The van der Waals surface area contributed by atoms with Gasteiger partial charge < -0.3 is 24.8 Å². The molecule has 2 aromatic rings. The van der Waals surface area contributed by atoms with Gasteiger partial charge in [-0.2, -0.15) is 0 Å². The Bertz CT molecular complexity index is 884. The zero-order valence-corrected chi connectivity index (χ0v) is 19.7. The molecular formula is C25H35N5O2. The van der Waals surface area contributed by atoms with Crippen molar-refractivity contribution >= 4 is 17.6 Å². The van der Waals surface area contributed by atoms with Gasteiger partial charge in [0.15, 0.2) is 5.96 Å². The number of guanidine groups is 1. The molecule has 0 spiro atoms. The number of nitrogens with one attached hydrogen (secondary N) is 1. The van der Waals surface area contributed by atoms with Gasteiger partial charge in [0.05, 0.1) is 7.11 Å². The van der Waals surface area contributed by atoms with Crippen molar-refractivity contribution in [3.8, 4) is 5.75 Å². The van der Waals surface area contributed by atoms with Gasteiger partial charge in [-0.25, -0.2) is 0 Å². The summed E-state index contributed by atoms with van der Waals surface area (Å²) in [7, 11) is 3.51. The second-order valence-electron chi connectivity index (χ2n) is 7.75. The first-order valence-corrected chi connectivity index (χ1v) is 11.3. The first-order valence-electron chi connectivity index (χ1n) is 11.3. The van der Waals surface area contributed by atoms with Crippen LogP contribution in [0, 0.1) is 0 Å². The molecule has 1 saturated heterocycles. The molecule has 0 aromatic heterocycles. The third kappa shape index (κ3) is 5.72.